The van der Waals surface area contributed by atoms with Crippen LogP contribution in [0, 0.1) is 5.92 Å². The number of aromatic nitrogens is 2. The molecule has 0 radical (unpaired) electrons. The van der Waals surface area contributed by atoms with Crippen molar-refractivity contribution in [2.75, 3.05) is 13.2 Å². The first kappa shape index (κ1) is 13.9. The van der Waals surface area contributed by atoms with Gasteiger partial charge in [-0.3, -0.25) is 0 Å². The Morgan fingerprint density at radius 3 is 2.90 bits per heavy atom. The van der Waals surface area contributed by atoms with Gasteiger partial charge in [0.25, 0.3) is 0 Å². The highest BCUT2D eigenvalue weighted by molar-refractivity contribution is 5.21. The molecule has 0 saturated carbocycles. The molecule has 2 atom stereocenters. The molecule has 0 spiro atoms. The van der Waals surface area contributed by atoms with Crippen LogP contribution >= 0.6 is 0 Å². The topological polar surface area (TPSA) is 39.1 Å². The first-order valence-electron chi connectivity index (χ1n) is 6.94. The number of nitrogens with zero attached hydrogens (tertiary/aromatic N) is 2. The summed E-state index contributed by atoms with van der Waals surface area (Å²) >= 11 is 0. The van der Waals surface area contributed by atoms with Crippen molar-refractivity contribution in [3.8, 4) is 0 Å². The summed E-state index contributed by atoms with van der Waals surface area (Å²) in [6.07, 6.45) is -2.99. The number of imidazole rings is 1. The van der Waals surface area contributed by atoms with E-state index in [4.69, 9.17) is 4.74 Å². The minimum atomic E-state index is -4.40. The summed E-state index contributed by atoms with van der Waals surface area (Å²) < 4.78 is 46.4. The molecule has 1 fully saturated rings. The van der Waals surface area contributed by atoms with E-state index in [2.05, 4.69) is 10.3 Å². The smallest absolute Gasteiger partial charge is 0.378 e. The highest BCUT2D eigenvalue weighted by Gasteiger charge is 2.40. The van der Waals surface area contributed by atoms with Crippen LogP contribution in [0.25, 0.3) is 0 Å². The van der Waals surface area contributed by atoms with Crippen molar-refractivity contribution in [3.63, 3.8) is 0 Å². The number of rotatable bonds is 2. The van der Waals surface area contributed by atoms with E-state index in [1.165, 1.54) is 4.57 Å². The Bertz CT molecular complexity index is 498. The maximum atomic E-state index is 13.2. The van der Waals surface area contributed by atoms with E-state index in [-0.39, 0.29) is 12.0 Å². The molecule has 0 aliphatic carbocycles. The summed E-state index contributed by atoms with van der Waals surface area (Å²) in [5.74, 6) is -0.630. The average molecular weight is 289 g/mol. The number of alkyl halides is 3. The van der Waals surface area contributed by atoms with Gasteiger partial charge in [0.1, 0.15) is 0 Å². The molecule has 0 amide bonds. The fourth-order valence-corrected chi connectivity index (χ4v) is 3.03. The predicted molar refractivity (Wildman–Crippen MR) is 66.2 cm³/mol. The Labute approximate surface area is 115 Å². The lowest BCUT2D eigenvalue weighted by Crippen LogP contribution is -2.27. The quantitative estimate of drug-likeness (QED) is 0.905. The highest BCUT2D eigenvalue weighted by Crippen LogP contribution is 2.33. The van der Waals surface area contributed by atoms with Gasteiger partial charge in [-0.25, -0.2) is 4.98 Å². The zero-order valence-corrected chi connectivity index (χ0v) is 11.3. The molecule has 2 unspecified atom stereocenters. The number of halogens is 3. The molecule has 7 heteroatoms. The van der Waals surface area contributed by atoms with Gasteiger partial charge in [0, 0.05) is 44.3 Å². The normalized spacial score (nSPS) is 26.8. The van der Waals surface area contributed by atoms with Crippen molar-refractivity contribution < 1.29 is 17.9 Å². The van der Waals surface area contributed by atoms with Crippen LogP contribution in [0.4, 0.5) is 13.2 Å². The maximum absolute atomic E-state index is 13.2. The van der Waals surface area contributed by atoms with Crippen LogP contribution in [-0.4, -0.2) is 28.8 Å². The zero-order chi connectivity index (χ0) is 14.3. The third kappa shape index (κ3) is 2.44. The number of hydrogen-bond donors (Lipinski definition) is 1. The van der Waals surface area contributed by atoms with Crippen molar-refractivity contribution in [2.24, 2.45) is 5.92 Å². The van der Waals surface area contributed by atoms with E-state index in [1.54, 1.807) is 0 Å². The summed E-state index contributed by atoms with van der Waals surface area (Å²) in [6.45, 7) is 4.02. The molecule has 20 heavy (non-hydrogen) atoms. The minimum Gasteiger partial charge on any atom is -0.378 e. The van der Waals surface area contributed by atoms with E-state index in [0.29, 0.717) is 38.4 Å². The Kier molecular flexibility index (Phi) is 3.50. The lowest BCUT2D eigenvalue weighted by Gasteiger charge is -2.21. The van der Waals surface area contributed by atoms with Crippen molar-refractivity contribution in [3.05, 3.63) is 17.2 Å². The zero-order valence-electron chi connectivity index (χ0n) is 11.3. The Balaban J connectivity index is 1.96. The molecule has 1 saturated heterocycles. The second-order valence-corrected chi connectivity index (χ2v) is 5.49. The molecule has 112 valence electrons. The minimum absolute atomic E-state index is 0.0100. The molecular weight excluding hydrogens is 271 g/mol. The molecule has 1 aromatic rings. The average Bonchev–Trinajstić information content (AvgIpc) is 2.95. The van der Waals surface area contributed by atoms with Gasteiger partial charge in [0.15, 0.2) is 0 Å². The highest BCUT2D eigenvalue weighted by atomic mass is 19.4. The largest absolute Gasteiger partial charge is 0.449 e. The van der Waals surface area contributed by atoms with Gasteiger partial charge in [0.2, 0.25) is 5.82 Å². The molecule has 2 aliphatic rings. The third-order valence-electron chi connectivity index (χ3n) is 4.19. The number of nitrogens with one attached hydrogen (secondary N) is 1. The molecule has 3 rings (SSSR count). The van der Waals surface area contributed by atoms with Crippen LogP contribution in [0.15, 0.2) is 0 Å². The molecule has 0 bridgehead atoms. The first-order chi connectivity index (χ1) is 9.47. The number of ether oxygens (including phenoxy) is 1. The van der Waals surface area contributed by atoms with E-state index in [9.17, 15) is 13.2 Å². The van der Waals surface area contributed by atoms with Crippen LogP contribution in [0.3, 0.4) is 0 Å². The standard InChI is InChI=1S/C13H18F3N3O/c1-8-9(3-5-20-8)7-19-11-2-4-17-6-10(11)18-12(19)13(14,15)16/h8-9,17H,2-7H2,1H3. The van der Waals surface area contributed by atoms with Crippen molar-refractivity contribution >= 4 is 0 Å². The van der Waals surface area contributed by atoms with Crippen LogP contribution in [0.1, 0.15) is 30.6 Å². The second kappa shape index (κ2) is 5.04. The summed E-state index contributed by atoms with van der Waals surface area (Å²) in [6, 6.07) is 0. The van der Waals surface area contributed by atoms with Crippen LogP contribution in [0.5, 0.6) is 0 Å². The van der Waals surface area contributed by atoms with Crippen LogP contribution in [0.2, 0.25) is 0 Å². The van der Waals surface area contributed by atoms with Gasteiger partial charge in [-0.15, -0.1) is 0 Å². The molecule has 0 aromatic carbocycles. The Hall–Kier alpha value is -1.08. The summed E-state index contributed by atoms with van der Waals surface area (Å²) in [5, 5.41) is 3.07. The summed E-state index contributed by atoms with van der Waals surface area (Å²) in [5.41, 5.74) is 1.27. The van der Waals surface area contributed by atoms with Gasteiger partial charge in [-0.05, 0) is 13.3 Å². The van der Waals surface area contributed by atoms with Gasteiger partial charge < -0.3 is 14.6 Å². The molecule has 1 N–H and O–H groups in total. The predicted octanol–water partition coefficient (Wildman–Crippen LogP) is 1.97. The van der Waals surface area contributed by atoms with Crippen LogP contribution in [-0.2, 0) is 30.4 Å². The molecule has 1 aromatic heterocycles. The number of fused-ring (bicyclic) bond motifs is 1. The van der Waals surface area contributed by atoms with Gasteiger partial charge in [-0.2, -0.15) is 13.2 Å². The maximum Gasteiger partial charge on any atom is 0.449 e. The molecule has 3 heterocycles. The fourth-order valence-electron chi connectivity index (χ4n) is 3.03. The fraction of sp³-hybridized carbons (Fsp3) is 0.769. The van der Waals surface area contributed by atoms with Gasteiger partial charge >= 0.3 is 6.18 Å². The Morgan fingerprint density at radius 1 is 1.45 bits per heavy atom. The summed E-state index contributed by atoms with van der Waals surface area (Å²) in [7, 11) is 0. The molecule has 4 nitrogen and oxygen atoms in total. The van der Waals surface area contributed by atoms with E-state index < -0.39 is 12.0 Å². The third-order valence-corrected chi connectivity index (χ3v) is 4.19. The summed E-state index contributed by atoms with van der Waals surface area (Å²) in [4.78, 5) is 3.82. The SMILES string of the molecule is CC1OCCC1Cn1c(C(F)(F)F)nc2c1CCNC2. The van der Waals surface area contributed by atoms with E-state index in [0.717, 1.165) is 12.1 Å². The van der Waals surface area contributed by atoms with Crippen molar-refractivity contribution in [2.45, 2.75) is 45.1 Å². The number of hydrogen-bond acceptors (Lipinski definition) is 3. The van der Waals surface area contributed by atoms with Gasteiger partial charge in [-0.1, -0.05) is 0 Å². The molecule has 2 aliphatic heterocycles. The first-order valence-corrected chi connectivity index (χ1v) is 6.94. The van der Waals surface area contributed by atoms with E-state index in [1.807, 2.05) is 6.92 Å². The van der Waals surface area contributed by atoms with Crippen molar-refractivity contribution in [1.29, 1.82) is 0 Å². The lowest BCUT2D eigenvalue weighted by atomic mass is 10.0. The molecular formula is C13H18F3N3O. The lowest BCUT2D eigenvalue weighted by molar-refractivity contribution is -0.147. The van der Waals surface area contributed by atoms with Crippen molar-refractivity contribution in [1.82, 2.24) is 14.9 Å². The monoisotopic (exact) mass is 289 g/mol. The second-order valence-electron chi connectivity index (χ2n) is 5.49. The van der Waals surface area contributed by atoms with Crippen LogP contribution < -0.4 is 5.32 Å². The Morgan fingerprint density at radius 2 is 2.25 bits per heavy atom. The van der Waals surface area contributed by atoms with E-state index >= 15 is 0 Å². The van der Waals surface area contributed by atoms with Gasteiger partial charge in [0.05, 0.1) is 11.8 Å².